The standard InChI is InChI=1S/C10H13N5.2ClH/c11-15-14-6-8-5-12-7-9(8)10-3-1-2-4-13-10;;/h1-4,8-9,12H,5-7H2;2*1H. The smallest absolute Gasteiger partial charge is 0.0450 e. The number of nitrogens with one attached hydrogen (secondary N) is 1. The van der Waals surface area contributed by atoms with Crippen LogP contribution in [0.4, 0.5) is 0 Å². The maximum atomic E-state index is 8.31. The number of rotatable bonds is 3. The highest BCUT2D eigenvalue weighted by Gasteiger charge is 2.28. The lowest BCUT2D eigenvalue weighted by Crippen LogP contribution is -2.14. The van der Waals surface area contributed by atoms with Gasteiger partial charge in [-0.3, -0.25) is 4.98 Å². The molecule has 0 aromatic carbocycles. The lowest BCUT2D eigenvalue weighted by molar-refractivity contribution is 0.520. The molecule has 2 heterocycles. The molecule has 7 heteroatoms. The summed E-state index contributed by atoms with van der Waals surface area (Å²) in [7, 11) is 0. The summed E-state index contributed by atoms with van der Waals surface area (Å²) >= 11 is 0. The van der Waals surface area contributed by atoms with E-state index in [1.54, 1.807) is 6.20 Å². The summed E-state index contributed by atoms with van der Waals surface area (Å²) in [6.45, 7) is 2.37. The van der Waals surface area contributed by atoms with Gasteiger partial charge in [-0.05, 0) is 30.1 Å². The number of halogens is 2. The maximum Gasteiger partial charge on any atom is 0.0450 e. The number of aromatic nitrogens is 1. The molecule has 17 heavy (non-hydrogen) atoms. The van der Waals surface area contributed by atoms with Crippen molar-refractivity contribution in [1.82, 2.24) is 10.3 Å². The Kier molecular flexibility index (Phi) is 7.66. The van der Waals surface area contributed by atoms with Crippen LogP contribution in [0.5, 0.6) is 0 Å². The number of nitrogens with zero attached hydrogens (tertiary/aromatic N) is 4. The van der Waals surface area contributed by atoms with Gasteiger partial charge in [0.2, 0.25) is 0 Å². The monoisotopic (exact) mass is 275 g/mol. The van der Waals surface area contributed by atoms with Crippen molar-refractivity contribution in [2.45, 2.75) is 5.92 Å². The minimum atomic E-state index is 0. The van der Waals surface area contributed by atoms with Gasteiger partial charge in [-0.2, -0.15) is 0 Å². The largest absolute Gasteiger partial charge is 0.316 e. The van der Waals surface area contributed by atoms with Crippen LogP contribution in [-0.4, -0.2) is 24.6 Å². The molecule has 1 aliphatic heterocycles. The van der Waals surface area contributed by atoms with E-state index in [1.807, 2.05) is 18.2 Å². The average Bonchev–Trinajstić information content (AvgIpc) is 2.75. The molecule has 0 aliphatic carbocycles. The van der Waals surface area contributed by atoms with Gasteiger partial charge in [-0.15, -0.1) is 24.8 Å². The van der Waals surface area contributed by atoms with Crippen LogP contribution in [0.25, 0.3) is 10.4 Å². The first kappa shape index (κ1) is 16.0. The van der Waals surface area contributed by atoms with Gasteiger partial charge in [0.25, 0.3) is 0 Å². The number of pyridine rings is 1. The molecule has 5 nitrogen and oxygen atoms in total. The summed E-state index contributed by atoms with van der Waals surface area (Å²) < 4.78 is 0. The molecule has 1 fully saturated rings. The molecule has 0 radical (unpaired) electrons. The topological polar surface area (TPSA) is 73.7 Å². The molecule has 0 saturated carbocycles. The second kappa shape index (κ2) is 8.14. The van der Waals surface area contributed by atoms with Crippen LogP contribution in [0.1, 0.15) is 11.6 Å². The second-order valence-electron chi connectivity index (χ2n) is 3.69. The Morgan fingerprint density at radius 3 is 2.88 bits per heavy atom. The fourth-order valence-corrected chi connectivity index (χ4v) is 2.01. The van der Waals surface area contributed by atoms with E-state index in [0.717, 1.165) is 18.8 Å². The van der Waals surface area contributed by atoms with Crippen molar-refractivity contribution in [3.05, 3.63) is 40.5 Å². The van der Waals surface area contributed by atoms with Crippen LogP contribution in [-0.2, 0) is 0 Å². The maximum absolute atomic E-state index is 8.31. The Labute approximate surface area is 112 Å². The Morgan fingerprint density at radius 1 is 1.41 bits per heavy atom. The molecule has 1 N–H and O–H groups in total. The minimum Gasteiger partial charge on any atom is -0.316 e. The van der Waals surface area contributed by atoms with Gasteiger partial charge in [0.1, 0.15) is 0 Å². The van der Waals surface area contributed by atoms with Crippen molar-refractivity contribution in [3.8, 4) is 0 Å². The van der Waals surface area contributed by atoms with Crippen molar-refractivity contribution in [2.24, 2.45) is 11.0 Å². The third-order valence-corrected chi connectivity index (χ3v) is 2.79. The Bertz CT molecular complexity index is 366. The fraction of sp³-hybridized carbons (Fsp3) is 0.500. The predicted molar refractivity (Wildman–Crippen MR) is 71.8 cm³/mol. The van der Waals surface area contributed by atoms with Crippen LogP contribution < -0.4 is 5.32 Å². The zero-order valence-electron chi connectivity index (χ0n) is 9.19. The highest BCUT2D eigenvalue weighted by Crippen LogP contribution is 2.26. The summed E-state index contributed by atoms with van der Waals surface area (Å²) in [5, 5.41) is 6.95. The average molecular weight is 276 g/mol. The highest BCUT2D eigenvalue weighted by atomic mass is 35.5. The van der Waals surface area contributed by atoms with Gasteiger partial charge in [-0.25, -0.2) is 0 Å². The first-order chi connectivity index (χ1) is 7.42. The van der Waals surface area contributed by atoms with E-state index in [1.165, 1.54) is 0 Å². The molecule has 0 bridgehead atoms. The summed E-state index contributed by atoms with van der Waals surface area (Å²) in [5.74, 6) is 0.743. The number of azide groups is 1. The van der Waals surface area contributed by atoms with Crippen LogP contribution in [0, 0.1) is 5.92 Å². The van der Waals surface area contributed by atoms with E-state index in [-0.39, 0.29) is 24.8 Å². The van der Waals surface area contributed by atoms with E-state index in [9.17, 15) is 0 Å². The SMILES string of the molecule is Cl.Cl.[N-]=[N+]=NCC1CNCC1c1ccccn1. The van der Waals surface area contributed by atoms with E-state index in [0.29, 0.717) is 18.4 Å². The van der Waals surface area contributed by atoms with Gasteiger partial charge in [-0.1, -0.05) is 11.2 Å². The van der Waals surface area contributed by atoms with Crippen molar-refractivity contribution < 1.29 is 0 Å². The van der Waals surface area contributed by atoms with Gasteiger partial charge in [0, 0.05) is 35.8 Å². The molecule has 1 aromatic heterocycles. The normalized spacial score (nSPS) is 21.9. The first-order valence-corrected chi connectivity index (χ1v) is 5.04. The highest BCUT2D eigenvalue weighted by molar-refractivity contribution is 5.85. The van der Waals surface area contributed by atoms with Crippen LogP contribution in [0.15, 0.2) is 29.5 Å². The molecule has 0 spiro atoms. The number of hydrogen-bond donors (Lipinski definition) is 1. The molecule has 1 saturated heterocycles. The van der Waals surface area contributed by atoms with Gasteiger partial charge >= 0.3 is 0 Å². The van der Waals surface area contributed by atoms with Gasteiger partial charge < -0.3 is 5.32 Å². The van der Waals surface area contributed by atoms with Crippen LogP contribution >= 0.6 is 24.8 Å². The third-order valence-electron chi connectivity index (χ3n) is 2.79. The molecule has 1 aromatic rings. The molecule has 2 atom stereocenters. The van der Waals surface area contributed by atoms with Crippen molar-refractivity contribution >= 4 is 24.8 Å². The Hall–Kier alpha value is -1.00. The molecule has 1 aliphatic rings. The zero-order chi connectivity index (χ0) is 10.5. The van der Waals surface area contributed by atoms with E-state index >= 15 is 0 Å². The van der Waals surface area contributed by atoms with Gasteiger partial charge in [0.15, 0.2) is 0 Å². The summed E-state index contributed by atoms with van der Waals surface area (Å²) in [6.07, 6.45) is 1.80. The lowest BCUT2D eigenvalue weighted by atomic mass is 9.92. The van der Waals surface area contributed by atoms with E-state index < -0.39 is 0 Å². The van der Waals surface area contributed by atoms with Gasteiger partial charge in [0.05, 0.1) is 0 Å². The van der Waals surface area contributed by atoms with Crippen molar-refractivity contribution in [1.29, 1.82) is 0 Å². The Balaban J connectivity index is 0.00000128. The summed E-state index contributed by atoms with van der Waals surface area (Å²) in [5.41, 5.74) is 9.39. The number of hydrogen-bond acceptors (Lipinski definition) is 3. The Morgan fingerprint density at radius 2 is 2.24 bits per heavy atom. The van der Waals surface area contributed by atoms with Crippen LogP contribution in [0.3, 0.4) is 0 Å². The van der Waals surface area contributed by atoms with Crippen molar-refractivity contribution in [3.63, 3.8) is 0 Å². The fourth-order valence-electron chi connectivity index (χ4n) is 2.01. The zero-order valence-corrected chi connectivity index (χ0v) is 10.8. The lowest BCUT2D eigenvalue weighted by Gasteiger charge is -2.15. The quantitative estimate of drug-likeness (QED) is 0.523. The summed E-state index contributed by atoms with van der Waals surface area (Å²) in [4.78, 5) is 7.15. The summed E-state index contributed by atoms with van der Waals surface area (Å²) in [6, 6.07) is 5.93. The minimum absolute atomic E-state index is 0. The van der Waals surface area contributed by atoms with Crippen molar-refractivity contribution in [2.75, 3.05) is 19.6 Å². The third kappa shape index (κ3) is 4.06. The predicted octanol–water partition coefficient (Wildman–Crippen LogP) is 2.54. The molecule has 0 amide bonds. The molecule has 2 rings (SSSR count). The molecule has 94 valence electrons. The molecule has 2 unspecified atom stereocenters. The molecular weight excluding hydrogens is 261 g/mol. The first-order valence-electron chi connectivity index (χ1n) is 5.04. The van der Waals surface area contributed by atoms with E-state index in [4.69, 9.17) is 5.53 Å². The van der Waals surface area contributed by atoms with Crippen LogP contribution in [0.2, 0.25) is 0 Å². The molecular formula is C10H15Cl2N5. The van der Waals surface area contributed by atoms with E-state index in [2.05, 4.69) is 20.3 Å². The second-order valence-corrected chi connectivity index (χ2v) is 3.69.